The van der Waals surface area contributed by atoms with Gasteiger partial charge >= 0.3 is 0 Å². The number of likely N-dealkylation sites (tertiary alicyclic amines) is 1. The average Bonchev–Trinajstić information content (AvgIpc) is 3.04. The predicted molar refractivity (Wildman–Crippen MR) is 102 cm³/mol. The Morgan fingerprint density at radius 1 is 1.30 bits per heavy atom. The molecule has 27 heavy (non-hydrogen) atoms. The maximum atomic E-state index is 12.4. The highest BCUT2D eigenvalue weighted by Crippen LogP contribution is 2.28. The third-order valence-corrected chi connectivity index (χ3v) is 5.03. The van der Waals surface area contributed by atoms with Crippen LogP contribution >= 0.6 is 0 Å². The Morgan fingerprint density at radius 3 is 2.59 bits per heavy atom. The highest BCUT2D eigenvalue weighted by molar-refractivity contribution is 5.89. The minimum absolute atomic E-state index is 0.0132. The van der Waals surface area contributed by atoms with E-state index in [1.54, 1.807) is 19.1 Å². The summed E-state index contributed by atoms with van der Waals surface area (Å²) in [4.78, 5) is 26.4. The molecule has 1 fully saturated rings. The van der Waals surface area contributed by atoms with Gasteiger partial charge in [0.25, 0.3) is 0 Å². The van der Waals surface area contributed by atoms with Crippen LogP contribution < -0.4 is 14.8 Å². The second kappa shape index (κ2) is 9.60. The molecule has 2 amide bonds. The molecule has 1 saturated heterocycles. The van der Waals surface area contributed by atoms with E-state index in [1.807, 2.05) is 32.0 Å². The molecule has 1 aliphatic rings. The molecule has 0 unspecified atom stereocenters. The van der Waals surface area contributed by atoms with E-state index < -0.39 is 0 Å². The standard InChI is InChI=1S/C20H30N2O5/c1-13(2)16(12-23)21-20(25)15-10-19(24)22(11-15)8-7-14-5-6-17(26-3)18(9-14)27-4/h5-6,9,13,15-16,23H,7-8,10-12H2,1-4H3,(H,21,25)/t15-,16+/m0/s1. The van der Waals surface area contributed by atoms with Crippen LogP contribution in [-0.2, 0) is 16.0 Å². The molecule has 1 aromatic carbocycles. The van der Waals surface area contributed by atoms with E-state index in [1.165, 1.54) is 0 Å². The van der Waals surface area contributed by atoms with Crippen molar-refractivity contribution in [2.75, 3.05) is 33.9 Å². The number of nitrogens with one attached hydrogen (secondary N) is 1. The molecule has 0 spiro atoms. The number of nitrogens with zero attached hydrogens (tertiary/aromatic N) is 1. The van der Waals surface area contributed by atoms with Crippen LogP contribution in [0.4, 0.5) is 0 Å². The van der Waals surface area contributed by atoms with Crippen LogP contribution in [0.3, 0.4) is 0 Å². The molecule has 2 rings (SSSR count). The molecule has 0 bridgehead atoms. The lowest BCUT2D eigenvalue weighted by Gasteiger charge is -2.22. The molecule has 1 aromatic rings. The number of hydrogen-bond donors (Lipinski definition) is 2. The zero-order valence-corrected chi connectivity index (χ0v) is 16.5. The number of carbonyl (C=O) groups is 2. The Labute approximate surface area is 160 Å². The second-order valence-electron chi connectivity index (χ2n) is 7.22. The Morgan fingerprint density at radius 2 is 2.00 bits per heavy atom. The van der Waals surface area contributed by atoms with Crippen LogP contribution in [0.1, 0.15) is 25.8 Å². The first-order valence-electron chi connectivity index (χ1n) is 9.29. The van der Waals surface area contributed by atoms with Crippen molar-refractivity contribution in [2.24, 2.45) is 11.8 Å². The molecule has 2 N–H and O–H groups in total. The lowest BCUT2D eigenvalue weighted by atomic mass is 10.0. The third kappa shape index (κ3) is 5.35. The smallest absolute Gasteiger partial charge is 0.225 e. The predicted octanol–water partition coefficient (Wildman–Crippen LogP) is 1.23. The Hall–Kier alpha value is -2.28. The minimum Gasteiger partial charge on any atom is -0.493 e. The first-order valence-corrected chi connectivity index (χ1v) is 9.29. The zero-order chi connectivity index (χ0) is 20.0. The third-order valence-electron chi connectivity index (χ3n) is 5.03. The van der Waals surface area contributed by atoms with Crippen molar-refractivity contribution in [3.05, 3.63) is 23.8 Å². The molecule has 0 saturated carbocycles. The van der Waals surface area contributed by atoms with Gasteiger partial charge in [0.2, 0.25) is 11.8 Å². The number of aliphatic hydroxyl groups is 1. The van der Waals surface area contributed by atoms with Crippen LogP contribution in [0, 0.1) is 11.8 Å². The Kier molecular flexibility index (Phi) is 7.47. The fourth-order valence-corrected chi connectivity index (χ4v) is 3.19. The summed E-state index contributed by atoms with van der Waals surface area (Å²) >= 11 is 0. The van der Waals surface area contributed by atoms with Crippen molar-refractivity contribution in [1.29, 1.82) is 0 Å². The van der Waals surface area contributed by atoms with Gasteiger partial charge in [-0.3, -0.25) is 9.59 Å². The van der Waals surface area contributed by atoms with Gasteiger partial charge in [-0.1, -0.05) is 19.9 Å². The van der Waals surface area contributed by atoms with Gasteiger partial charge in [0.05, 0.1) is 32.8 Å². The van der Waals surface area contributed by atoms with Gasteiger partial charge in [-0.25, -0.2) is 0 Å². The van der Waals surface area contributed by atoms with Crippen LogP contribution in [0.15, 0.2) is 18.2 Å². The summed E-state index contributed by atoms with van der Waals surface area (Å²) in [5.41, 5.74) is 1.04. The van der Waals surface area contributed by atoms with Crippen molar-refractivity contribution in [2.45, 2.75) is 32.7 Å². The highest BCUT2D eigenvalue weighted by atomic mass is 16.5. The van der Waals surface area contributed by atoms with Crippen molar-refractivity contribution in [3.8, 4) is 11.5 Å². The summed E-state index contributed by atoms with van der Waals surface area (Å²) in [6.07, 6.45) is 0.889. The number of carbonyl (C=O) groups excluding carboxylic acids is 2. The lowest BCUT2D eigenvalue weighted by Crippen LogP contribution is -2.44. The summed E-state index contributed by atoms with van der Waals surface area (Å²) in [6, 6.07) is 5.41. The quantitative estimate of drug-likeness (QED) is 0.675. The number of rotatable bonds is 9. The van der Waals surface area contributed by atoms with Crippen molar-refractivity contribution in [1.82, 2.24) is 10.2 Å². The van der Waals surface area contributed by atoms with Gasteiger partial charge in [-0.2, -0.15) is 0 Å². The van der Waals surface area contributed by atoms with E-state index in [-0.39, 0.29) is 42.7 Å². The summed E-state index contributed by atoms with van der Waals surface area (Å²) in [7, 11) is 3.18. The normalized spacial score (nSPS) is 17.9. The number of aliphatic hydroxyl groups excluding tert-OH is 1. The Bertz CT molecular complexity index is 662. The maximum absolute atomic E-state index is 12.4. The molecule has 1 aliphatic heterocycles. The van der Waals surface area contributed by atoms with E-state index >= 15 is 0 Å². The average molecular weight is 378 g/mol. The molecule has 2 atom stereocenters. The molecule has 7 heteroatoms. The topological polar surface area (TPSA) is 88.1 Å². The summed E-state index contributed by atoms with van der Waals surface area (Å²) in [5, 5.41) is 12.2. The van der Waals surface area contributed by atoms with Crippen LogP contribution in [0.2, 0.25) is 0 Å². The molecule has 0 aromatic heterocycles. The van der Waals surface area contributed by atoms with Crippen molar-refractivity contribution >= 4 is 11.8 Å². The van der Waals surface area contributed by atoms with Crippen molar-refractivity contribution < 1.29 is 24.2 Å². The lowest BCUT2D eigenvalue weighted by molar-refractivity contribution is -0.129. The maximum Gasteiger partial charge on any atom is 0.225 e. The summed E-state index contributed by atoms with van der Waals surface area (Å²) in [6.45, 7) is 4.74. The molecular weight excluding hydrogens is 348 g/mol. The van der Waals surface area contributed by atoms with Gasteiger partial charge in [0.1, 0.15) is 0 Å². The first kappa shape index (κ1) is 21.0. The van der Waals surface area contributed by atoms with Crippen LogP contribution in [0.25, 0.3) is 0 Å². The highest BCUT2D eigenvalue weighted by Gasteiger charge is 2.35. The number of methoxy groups -OCH3 is 2. The molecule has 7 nitrogen and oxygen atoms in total. The first-order chi connectivity index (χ1) is 12.9. The van der Waals surface area contributed by atoms with Crippen LogP contribution in [-0.4, -0.2) is 61.8 Å². The molecular formula is C20H30N2O5. The van der Waals surface area contributed by atoms with E-state index in [9.17, 15) is 14.7 Å². The van der Waals surface area contributed by atoms with Gasteiger partial charge in [-0.15, -0.1) is 0 Å². The fourth-order valence-electron chi connectivity index (χ4n) is 3.19. The molecule has 1 heterocycles. The SMILES string of the molecule is COc1ccc(CCN2C[C@@H](C(=O)N[C@H](CO)C(C)C)CC2=O)cc1OC. The van der Waals surface area contributed by atoms with Crippen molar-refractivity contribution in [3.63, 3.8) is 0 Å². The van der Waals surface area contributed by atoms with Crippen LogP contribution in [0.5, 0.6) is 11.5 Å². The van der Waals surface area contributed by atoms with Gasteiger partial charge in [0.15, 0.2) is 11.5 Å². The summed E-state index contributed by atoms with van der Waals surface area (Å²) in [5.74, 6) is 0.918. The number of ether oxygens (including phenoxy) is 2. The van der Waals surface area contributed by atoms with E-state index in [0.29, 0.717) is 31.0 Å². The number of amides is 2. The minimum atomic E-state index is -0.365. The second-order valence-corrected chi connectivity index (χ2v) is 7.22. The molecule has 0 radical (unpaired) electrons. The van der Waals surface area contributed by atoms with E-state index in [2.05, 4.69) is 5.32 Å². The van der Waals surface area contributed by atoms with E-state index in [0.717, 1.165) is 5.56 Å². The van der Waals surface area contributed by atoms with E-state index in [4.69, 9.17) is 9.47 Å². The van der Waals surface area contributed by atoms with Gasteiger partial charge < -0.3 is 24.8 Å². The number of benzene rings is 1. The summed E-state index contributed by atoms with van der Waals surface area (Å²) < 4.78 is 10.5. The van der Waals surface area contributed by atoms with Gasteiger partial charge in [-0.05, 0) is 30.0 Å². The fraction of sp³-hybridized carbons (Fsp3) is 0.600. The largest absolute Gasteiger partial charge is 0.493 e. The molecule has 0 aliphatic carbocycles. The monoisotopic (exact) mass is 378 g/mol. The zero-order valence-electron chi connectivity index (χ0n) is 16.5. The molecule has 150 valence electrons. The number of hydrogen-bond acceptors (Lipinski definition) is 5. The Balaban J connectivity index is 1.91. The van der Waals surface area contributed by atoms with Gasteiger partial charge in [0, 0.05) is 19.5 Å².